The van der Waals surface area contributed by atoms with Gasteiger partial charge in [-0.2, -0.15) is 5.10 Å². The summed E-state index contributed by atoms with van der Waals surface area (Å²) in [5.41, 5.74) is 1.74. The van der Waals surface area contributed by atoms with Gasteiger partial charge < -0.3 is 10.2 Å². The molecule has 1 aliphatic rings. The summed E-state index contributed by atoms with van der Waals surface area (Å²) in [4.78, 5) is 16.6. The van der Waals surface area contributed by atoms with Crippen LogP contribution in [0, 0.1) is 6.92 Å². The maximum absolute atomic E-state index is 13.0. The van der Waals surface area contributed by atoms with E-state index in [1.54, 1.807) is 0 Å². The highest BCUT2D eigenvalue weighted by Gasteiger charge is 2.25. The van der Waals surface area contributed by atoms with E-state index in [1.165, 1.54) is 11.3 Å². The molecule has 27 heavy (non-hydrogen) atoms. The van der Waals surface area contributed by atoms with Crippen LogP contribution in [0.3, 0.4) is 0 Å². The van der Waals surface area contributed by atoms with Crippen molar-refractivity contribution in [3.8, 4) is 5.69 Å². The molecule has 144 valence electrons. The predicted molar refractivity (Wildman–Crippen MR) is 114 cm³/mol. The number of hydrogen-bond acceptors (Lipinski definition) is 4. The Morgan fingerprint density at radius 3 is 2.74 bits per heavy atom. The van der Waals surface area contributed by atoms with Crippen LogP contribution in [0.5, 0.6) is 0 Å². The second kappa shape index (κ2) is 8.19. The van der Waals surface area contributed by atoms with E-state index in [9.17, 15) is 4.79 Å². The highest BCUT2D eigenvalue weighted by Crippen LogP contribution is 2.33. The number of nitrogens with one attached hydrogen (secondary N) is 1. The lowest BCUT2D eigenvalue weighted by atomic mass is 10.1. The van der Waals surface area contributed by atoms with Crippen molar-refractivity contribution in [3.05, 3.63) is 45.9 Å². The molecule has 8 heteroatoms. The number of amides is 1. The molecule has 1 aromatic carbocycles. The number of aryl methyl sites for hydroxylation is 1. The zero-order valence-electron chi connectivity index (χ0n) is 15.2. The first kappa shape index (κ1) is 20.1. The van der Waals surface area contributed by atoms with E-state index in [1.807, 2.05) is 53.9 Å². The molecule has 2 aromatic heterocycles. The first-order chi connectivity index (χ1) is 12.6. The van der Waals surface area contributed by atoms with Gasteiger partial charge in [0.25, 0.3) is 5.91 Å². The predicted octanol–water partition coefficient (Wildman–Crippen LogP) is 4.29. The van der Waals surface area contributed by atoms with Crippen LogP contribution in [0.1, 0.15) is 28.2 Å². The third-order valence-electron chi connectivity index (χ3n) is 5.01. The van der Waals surface area contributed by atoms with Crippen LogP contribution in [-0.2, 0) is 0 Å². The van der Waals surface area contributed by atoms with Crippen LogP contribution in [0.4, 0.5) is 0 Å². The molecule has 4 rings (SSSR count). The van der Waals surface area contributed by atoms with Crippen LogP contribution >= 0.6 is 35.3 Å². The summed E-state index contributed by atoms with van der Waals surface area (Å²) in [6.45, 7) is 3.90. The lowest BCUT2D eigenvalue weighted by Gasteiger charge is -2.31. The summed E-state index contributed by atoms with van der Waals surface area (Å²) in [7, 11) is 1.91. The van der Waals surface area contributed by atoms with Gasteiger partial charge in [0.15, 0.2) is 0 Å². The molecule has 1 aliphatic heterocycles. The number of carbonyl (C=O) groups is 1. The van der Waals surface area contributed by atoms with Gasteiger partial charge in [-0.25, -0.2) is 4.68 Å². The topological polar surface area (TPSA) is 50.2 Å². The minimum atomic E-state index is 0. The molecule has 0 aliphatic carbocycles. The third kappa shape index (κ3) is 3.72. The number of piperidine rings is 1. The van der Waals surface area contributed by atoms with Crippen LogP contribution in [-0.4, -0.2) is 46.8 Å². The standard InChI is InChI=1S/C19H21ClN4OS.ClH/c1-12-14-11-17(18(25)23(2)13-7-9-21-10-8-13)26-19(14)24(22-12)16-6-4-3-5-15(16)20;/h3-6,11,13,21H,7-10H2,1-2H3;1H. The zero-order valence-corrected chi connectivity index (χ0v) is 17.6. The first-order valence-electron chi connectivity index (χ1n) is 8.78. The van der Waals surface area contributed by atoms with Crippen molar-refractivity contribution in [1.29, 1.82) is 0 Å². The van der Waals surface area contributed by atoms with Crippen molar-refractivity contribution in [1.82, 2.24) is 20.0 Å². The second-order valence-corrected chi connectivity index (χ2v) is 8.11. The first-order valence-corrected chi connectivity index (χ1v) is 9.97. The largest absolute Gasteiger partial charge is 0.338 e. The summed E-state index contributed by atoms with van der Waals surface area (Å²) in [5.74, 6) is 0.0863. The Bertz CT molecular complexity index is 962. The molecule has 0 atom stereocenters. The Hall–Kier alpha value is -1.60. The number of benzene rings is 1. The van der Waals surface area contributed by atoms with Crippen molar-refractivity contribution in [2.45, 2.75) is 25.8 Å². The van der Waals surface area contributed by atoms with Gasteiger partial charge in [0, 0.05) is 18.5 Å². The molecule has 1 N–H and O–H groups in total. The number of fused-ring (bicyclic) bond motifs is 1. The third-order valence-corrected chi connectivity index (χ3v) is 6.43. The van der Waals surface area contributed by atoms with E-state index in [0.717, 1.165) is 52.4 Å². The van der Waals surface area contributed by atoms with E-state index in [-0.39, 0.29) is 18.3 Å². The summed E-state index contributed by atoms with van der Waals surface area (Å²) < 4.78 is 1.85. The van der Waals surface area contributed by atoms with Gasteiger partial charge in [-0.3, -0.25) is 4.79 Å². The average Bonchev–Trinajstić information content (AvgIpc) is 3.23. The molecule has 3 heterocycles. The molecule has 0 radical (unpaired) electrons. The van der Waals surface area contributed by atoms with Crippen molar-refractivity contribution in [3.63, 3.8) is 0 Å². The molecule has 1 fully saturated rings. The number of para-hydroxylation sites is 1. The van der Waals surface area contributed by atoms with E-state index >= 15 is 0 Å². The van der Waals surface area contributed by atoms with Crippen molar-refractivity contribution in [2.75, 3.05) is 20.1 Å². The number of nitrogens with zero attached hydrogens (tertiary/aromatic N) is 3. The fraction of sp³-hybridized carbons (Fsp3) is 0.368. The molecule has 0 spiro atoms. The van der Waals surface area contributed by atoms with Gasteiger partial charge >= 0.3 is 0 Å². The fourth-order valence-corrected chi connectivity index (χ4v) is 4.85. The lowest BCUT2D eigenvalue weighted by Crippen LogP contribution is -2.43. The number of thiophene rings is 1. The van der Waals surface area contributed by atoms with E-state index in [2.05, 4.69) is 10.4 Å². The minimum absolute atomic E-state index is 0. The van der Waals surface area contributed by atoms with Gasteiger partial charge in [0.2, 0.25) is 0 Å². The van der Waals surface area contributed by atoms with Gasteiger partial charge in [-0.15, -0.1) is 23.7 Å². The Morgan fingerprint density at radius 2 is 2.04 bits per heavy atom. The lowest BCUT2D eigenvalue weighted by molar-refractivity contribution is 0.0708. The van der Waals surface area contributed by atoms with Gasteiger partial charge in [0.1, 0.15) is 4.83 Å². The molecule has 0 unspecified atom stereocenters. The van der Waals surface area contributed by atoms with Crippen molar-refractivity contribution in [2.24, 2.45) is 0 Å². The molecule has 0 bridgehead atoms. The smallest absolute Gasteiger partial charge is 0.264 e. The summed E-state index contributed by atoms with van der Waals surface area (Å²) in [6.07, 6.45) is 2.00. The van der Waals surface area contributed by atoms with Crippen LogP contribution in [0.25, 0.3) is 15.9 Å². The fourth-order valence-electron chi connectivity index (χ4n) is 3.47. The number of halogens is 2. The maximum Gasteiger partial charge on any atom is 0.264 e. The summed E-state index contributed by atoms with van der Waals surface area (Å²) >= 11 is 7.84. The zero-order chi connectivity index (χ0) is 18.3. The Kier molecular flexibility index (Phi) is 6.11. The highest BCUT2D eigenvalue weighted by molar-refractivity contribution is 7.20. The maximum atomic E-state index is 13.0. The molecule has 1 saturated heterocycles. The number of aromatic nitrogens is 2. The van der Waals surface area contributed by atoms with Crippen molar-refractivity contribution < 1.29 is 4.79 Å². The molecular formula is C19H22Cl2N4OS. The van der Waals surface area contributed by atoms with E-state index in [0.29, 0.717) is 11.1 Å². The Morgan fingerprint density at radius 1 is 1.33 bits per heavy atom. The second-order valence-electron chi connectivity index (χ2n) is 6.68. The Balaban J connectivity index is 0.00000210. The molecular weight excluding hydrogens is 403 g/mol. The van der Waals surface area contributed by atoms with Crippen LogP contribution < -0.4 is 5.32 Å². The van der Waals surface area contributed by atoms with Gasteiger partial charge in [0.05, 0.1) is 21.3 Å². The van der Waals surface area contributed by atoms with Crippen LogP contribution in [0.15, 0.2) is 30.3 Å². The van der Waals surface area contributed by atoms with E-state index < -0.39 is 0 Å². The number of carbonyl (C=O) groups excluding carboxylic acids is 1. The SMILES string of the molecule is Cc1nn(-c2ccccc2Cl)c2sc(C(=O)N(C)C3CCNCC3)cc12.Cl. The van der Waals surface area contributed by atoms with E-state index in [4.69, 9.17) is 11.6 Å². The summed E-state index contributed by atoms with van der Waals surface area (Å²) in [5, 5.41) is 9.62. The van der Waals surface area contributed by atoms with Crippen molar-refractivity contribution >= 4 is 51.5 Å². The average molecular weight is 425 g/mol. The molecule has 3 aromatic rings. The number of rotatable bonds is 3. The Labute approximate surface area is 173 Å². The molecule has 5 nitrogen and oxygen atoms in total. The van der Waals surface area contributed by atoms with Gasteiger partial charge in [-0.05, 0) is 51.1 Å². The van der Waals surface area contributed by atoms with Gasteiger partial charge in [-0.1, -0.05) is 23.7 Å². The highest BCUT2D eigenvalue weighted by atomic mass is 35.5. The molecule has 0 saturated carbocycles. The molecule has 1 amide bonds. The van der Waals surface area contributed by atoms with Crippen LogP contribution in [0.2, 0.25) is 5.02 Å². The summed E-state index contributed by atoms with van der Waals surface area (Å²) in [6, 6.07) is 9.90. The number of hydrogen-bond donors (Lipinski definition) is 1. The minimum Gasteiger partial charge on any atom is -0.338 e. The monoisotopic (exact) mass is 424 g/mol. The normalized spacial score (nSPS) is 14.9. The quantitative estimate of drug-likeness (QED) is 0.681.